The Morgan fingerprint density at radius 2 is 0.380 bits per heavy atom. The van der Waals surface area contributed by atoms with Crippen LogP contribution in [0.15, 0.2) is 206 Å². The van der Waals surface area contributed by atoms with Gasteiger partial charge < -0.3 is 0 Å². The highest BCUT2D eigenvalue weighted by Gasteiger charge is 2.22. The van der Waals surface area contributed by atoms with Crippen LogP contribution in [0.5, 0.6) is 0 Å². The number of fused-ring (bicyclic) bond motifs is 3. The summed E-state index contributed by atoms with van der Waals surface area (Å²) in [5.74, 6) is 0. The molecular formula is C50H34. The van der Waals surface area contributed by atoms with Gasteiger partial charge in [-0.3, -0.25) is 0 Å². The predicted molar refractivity (Wildman–Crippen MR) is 214 cm³/mol. The van der Waals surface area contributed by atoms with Crippen LogP contribution in [0.4, 0.5) is 0 Å². The summed E-state index contributed by atoms with van der Waals surface area (Å²) in [7, 11) is 0. The molecule has 0 aliphatic heterocycles. The van der Waals surface area contributed by atoms with Gasteiger partial charge in [-0.2, -0.15) is 0 Å². The van der Waals surface area contributed by atoms with Crippen molar-refractivity contribution in [3.63, 3.8) is 0 Å². The minimum atomic E-state index is 1.21. The highest BCUT2D eigenvalue weighted by atomic mass is 14.3. The smallest absolute Gasteiger partial charge is 0.00201 e. The van der Waals surface area contributed by atoms with Gasteiger partial charge in [0.25, 0.3) is 0 Å². The Morgan fingerprint density at radius 3 is 0.620 bits per heavy atom. The van der Waals surface area contributed by atoms with Crippen molar-refractivity contribution in [2.75, 3.05) is 0 Å². The largest absolute Gasteiger partial charge is 0.0622 e. The zero-order valence-electron chi connectivity index (χ0n) is 27.6. The van der Waals surface area contributed by atoms with Crippen molar-refractivity contribution in [3.8, 4) is 66.8 Å². The summed E-state index contributed by atoms with van der Waals surface area (Å²) in [5.41, 5.74) is 14.7. The molecule has 0 unspecified atom stereocenters. The lowest BCUT2D eigenvalue weighted by Crippen LogP contribution is -1.96. The lowest BCUT2D eigenvalue weighted by molar-refractivity contribution is 1.58. The minimum absolute atomic E-state index is 1.21. The quantitative estimate of drug-likeness (QED) is 0.160. The van der Waals surface area contributed by atoms with E-state index in [1.165, 1.54) is 88.3 Å². The molecule has 0 saturated carbocycles. The van der Waals surface area contributed by atoms with Gasteiger partial charge in [-0.1, -0.05) is 182 Å². The topological polar surface area (TPSA) is 0 Å². The molecule has 0 heteroatoms. The van der Waals surface area contributed by atoms with E-state index in [1.807, 2.05) is 0 Å². The van der Waals surface area contributed by atoms with Crippen molar-refractivity contribution < 1.29 is 0 Å². The summed E-state index contributed by atoms with van der Waals surface area (Å²) < 4.78 is 0. The zero-order chi connectivity index (χ0) is 33.3. The highest BCUT2D eigenvalue weighted by molar-refractivity contribution is 6.24. The van der Waals surface area contributed by atoms with Crippen molar-refractivity contribution in [2.45, 2.75) is 0 Å². The standard InChI is InChI=1S/C50H34/c1-7-19-35(20-8-1)41-31-45-46-32-42(36-21-9-2-10-22-36)44(38-25-13-4-14-26-38)34-48(46)50(40-29-17-6-18-30-40)49(39-27-15-5-16-28-39)47(45)33-43(41)37-23-11-3-12-24-37/h1-34H. The van der Waals surface area contributed by atoms with Crippen LogP contribution in [0.25, 0.3) is 88.3 Å². The molecule has 9 aromatic carbocycles. The maximum atomic E-state index is 2.45. The summed E-state index contributed by atoms with van der Waals surface area (Å²) in [4.78, 5) is 0. The van der Waals surface area contributed by atoms with Crippen molar-refractivity contribution in [1.82, 2.24) is 0 Å². The highest BCUT2D eigenvalue weighted by Crippen LogP contribution is 2.50. The molecule has 0 saturated heterocycles. The summed E-state index contributed by atoms with van der Waals surface area (Å²) in [6.07, 6.45) is 0. The van der Waals surface area contributed by atoms with Crippen LogP contribution in [0.2, 0.25) is 0 Å². The molecular weight excluding hydrogens is 601 g/mol. The molecule has 0 atom stereocenters. The molecule has 0 heterocycles. The normalized spacial score (nSPS) is 11.2. The van der Waals surface area contributed by atoms with E-state index in [-0.39, 0.29) is 0 Å². The van der Waals surface area contributed by atoms with Gasteiger partial charge >= 0.3 is 0 Å². The first-order valence-corrected chi connectivity index (χ1v) is 17.3. The molecule has 0 aliphatic carbocycles. The van der Waals surface area contributed by atoms with Crippen LogP contribution in [0.3, 0.4) is 0 Å². The van der Waals surface area contributed by atoms with Gasteiger partial charge in [0.1, 0.15) is 0 Å². The molecule has 0 bridgehead atoms. The van der Waals surface area contributed by atoms with Gasteiger partial charge in [0.15, 0.2) is 0 Å². The van der Waals surface area contributed by atoms with Gasteiger partial charge in [0.2, 0.25) is 0 Å². The van der Waals surface area contributed by atoms with Gasteiger partial charge in [-0.05, 0) is 113 Å². The molecule has 0 spiro atoms. The molecule has 0 amide bonds. The van der Waals surface area contributed by atoms with Gasteiger partial charge in [0.05, 0.1) is 0 Å². The molecule has 9 aromatic rings. The van der Waals surface area contributed by atoms with Crippen molar-refractivity contribution in [3.05, 3.63) is 206 Å². The lowest BCUT2D eigenvalue weighted by atomic mass is 9.80. The number of benzene rings is 9. The fourth-order valence-electron chi connectivity index (χ4n) is 7.56. The number of hydrogen-bond donors (Lipinski definition) is 0. The van der Waals surface area contributed by atoms with Crippen molar-refractivity contribution >= 4 is 21.5 Å². The molecule has 234 valence electrons. The average molecular weight is 635 g/mol. The Bertz CT molecular complexity index is 2390. The lowest BCUT2D eigenvalue weighted by Gasteiger charge is -2.23. The molecule has 50 heavy (non-hydrogen) atoms. The second kappa shape index (κ2) is 12.8. The molecule has 0 nitrogen and oxygen atoms in total. The molecule has 0 fully saturated rings. The fourth-order valence-corrected chi connectivity index (χ4v) is 7.56. The molecule has 0 radical (unpaired) electrons. The Labute approximate surface area is 293 Å². The van der Waals surface area contributed by atoms with Gasteiger partial charge in [-0.15, -0.1) is 0 Å². The maximum Gasteiger partial charge on any atom is -0.00201 e. The molecule has 0 aliphatic rings. The van der Waals surface area contributed by atoms with E-state index < -0.39 is 0 Å². The molecule has 9 rings (SSSR count). The minimum Gasteiger partial charge on any atom is -0.0622 e. The second-order valence-electron chi connectivity index (χ2n) is 12.8. The van der Waals surface area contributed by atoms with Gasteiger partial charge in [-0.25, -0.2) is 0 Å². The first-order valence-electron chi connectivity index (χ1n) is 17.3. The maximum absolute atomic E-state index is 2.45. The van der Waals surface area contributed by atoms with E-state index in [0.717, 1.165) is 0 Å². The van der Waals surface area contributed by atoms with Crippen LogP contribution in [0, 0.1) is 0 Å². The Morgan fingerprint density at radius 1 is 0.180 bits per heavy atom. The first kappa shape index (κ1) is 29.6. The Kier molecular flexibility index (Phi) is 7.61. The van der Waals surface area contributed by atoms with E-state index in [9.17, 15) is 0 Å². The van der Waals surface area contributed by atoms with E-state index in [1.54, 1.807) is 0 Å². The number of hydrogen-bond acceptors (Lipinski definition) is 0. The average Bonchev–Trinajstić information content (AvgIpc) is 3.21. The Hall–Kier alpha value is -6.50. The third-order valence-electron chi connectivity index (χ3n) is 9.86. The summed E-state index contributed by atoms with van der Waals surface area (Å²) >= 11 is 0. The molecule has 0 N–H and O–H groups in total. The van der Waals surface area contributed by atoms with Crippen molar-refractivity contribution in [2.24, 2.45) is 0 Å². The van der Waals surface area contributed by atoms with E-state index >= 15 is 0 Å². The van der Waals surface area contributed by atoms with E-state index in [4.69, 9.17) is 0 Å². The monoisotopic (exact) mass is 634 g/mol. The van der Waals surface area contributed by atoms with Crippen LogP contribution in [0.1, 0.15) is 0 Å². The van der Waals surface area contributed by atoms with E-state index in [2.05, 4.69) is 206 Å². The predicted octanol–water partition coefficient (Wildman–Crippen LogP) is 14.0. The summed E-state index contributed by atoms with van der Waals surface area (Å²) in [5, 5.41) is 4.97. The number of rotatable bonds is 6. The third kappa shape index (κ3) is 5.28. The van der Waals surface area contributed by atoms with Crippen LogP contribution in [-0.2, 0) is 0 Å². The zero-order valence-corrected chi connectivity index (χ0v) is 27.6. The summed E-state index contributed by atoms with van der Waals surface area (Å²) in [6, 6.07) is 75.0. The second-order valence-corrected chi connectivity index (χ2v) is 12.8. The third-order valence-corrected chi connectivity index (χ3v) is 9.86. The van der Waals surface area contributed by atoms with Crippen LogP contribution < -0.4 is 0 Å². The van der Waals surface area contributed by atoms with Crippen LogP contribution >= 0.6 is 0 Å². The fraction of sp³-hybridized carbons (Fsp3) is 0. The first-order chi connectivity index (χ1) is 24.8. The van der Waals surface area contributed by atoms with Crippen molar-refractivity contribution in [1.29, 1.82) is 0 Å². The molecule has 0 aromatic heterocycles. The summed E-state index contributed by atoms with van der Waals surface area (Å²) in [6.45, 7) is 0. The van der Waals surface area contributed by atoms with E-state index in [0.29, 0.717) is 0 Å². The van der Waals surface area contributed by atoms with Gasteiger partial charge in [0, 0.05) is 0 Å². The van der Waals surface area contributed by atoms with Crippen LogP contribution in [-0.4, -0.2) is 0 Å². The SMILES string of the molecule is c1ccc(-c2cc3c(-c4ccccc4)c(-c4ccccc4)c4cc(-c5ccccc5)c(-c5ccccc5)cc4c3cc2-c2ccccc2)cc1. The Balaban J connectivity index is 1.53.